The molecule has 0 fully saturated rings. The fourth-order valence-electron chi connectivity index (χ4n) is 1.87. The van der Waals surface area contributed by atoms with Gasteiger partial charge in [-0.15, -0.1) is 0 Å². The summed E-state index contributed by atoms with van der Waals surface area (Å²) in [7, 11) is 0. The summed E-state index contributed by atoms with van der Waals surface area (Å²) in [6, 6.07) is 8.48. The summed E-state index contributed by atoms with van der Waals surface area (Å²) in [6.45, 7) is 8.43. The van der Waals surface area contributed by atoms with E-state index in [9.17, 15) is 4.79 Å². The molecule has 19 heavy (non-hydrogen) atoms. The molecule has 1 aromatic carbocycles. The van der Waals surface area contributed by atoms with Gasteiger partial charge >= 0.3 is 0 Å². The first-order valence-corrected chi connectivity index (χ1v) is 7.11. The van der Waals surface area contributed by atoms with Gasteiger partial charge in [-0.1, -0.05) is 43.7 Å². The molecule has 0 aromatic heterocycles. The fraction of sp³-hybridized carbons (Fsp3) is 0.562. The number of carbonyl (C=O) groups is 1. The van der Waals surface area contributed by atoms with Crippen LogP contribution < -0.4 is 10.6 Å². The van der Waals surface area contributed by atoms with Gasteiger partial charge in [0.1, 0.15) is 0 Å². The van der Waals surface area contributed by atoms with E-state index in [1.165, 1.54) is 11.1 Å². The first kappa shape index (κ1) is 15.7. The first-order chi connectivity index (χ1) is 9.08. The van der Waals surface area contributed by atoms with Crippen LogP contribution in [0.2, 0.25) is 0 Å². The number of amides is 1. The standard InChI is InChI=1S/C16H26N2O/c1-13(2)7-10-18-16(19)12-17-9-8-15-6-4-5-14(3)11-15/h4-6,11,13,17H,7-10,12H2,1-3H3,(H,18,19). The van der Waals surface area contributed by atoms with Gasteiger partial charge in [0.25, 0.3) is 0 Å². The van der Waals surface area contributed by atoms with Gasteiger partial charge < -0.3 is 10.6 Å². The summed E-state index contributed by atoms with van der Waals surface area (Å²) in [4.78, 5) is 11.5. The van der Waals surface area contributed by atoms with E-state index in [-0.39, 0.29) is 5.91 Å². The van der Waals surface area contributed by atoms with E-state index in [4.69, 9.17) is 0 Å². The zero-order valence-electron chi connectivity index (χ0n) is 12.3. The maximum atomic E-state index is 11.5. The van der Waals surface area contributed by atoms with Crippen molar-refractivity contribution in [2.24, 2.45) is 5.92 Å². The predicted molar refractivity (Wildman–Crippen MR) is 80.2 cm³/mol. The third kappa shape index (κ3) is 7.62. The van der Waals surface area contributed by atoms with Crippen molar-refractivity contribution in [3.8, 4) is 0 Å². The highest BCUT2D eigenvalue weighted by Gasteiger charge is 2.01. The molecule has 0 atom stereocenters. The number of nitrogens with one attached hydrogen (secondary N) is 2. The minimum atomic E-state index is 0.0879. The SMILES string of the molecule is Cc1cccc(CCNCC(=O)NCCC(C)C)c1. The molecule has 0 spiro atoms. The Bertz CT molecular complexity index is 388. The maximum Gasteiger partial charge on any atom is 0.233 e. The zero-order valence-corrected chi connectivity index (χ0v) is 12.3. The Kier molecular flexibility index (Phi) is 7.19. The van der Waals surface area contributed by atoms with Crippen LogP contribution in [0.3, 0.4) is 0 Å². The van der Waals surface area contributed by atoms with Crippen LogP contribution in [0.4, 0.5) is 0 Å². The Morgan fingerprint density at radius 2 is 2.05 bits per heavy atom. The monoisotopic (exact) mass is 262 g/mol. The number of hydrogen-bond acceptors (Lipinski definition) is 2. The second kappa shape index (κ2) is 8.70. The molecule has 1 rings (SSSR count). The number of carbonyl (C=O) groups excluding carboxylic acids is 1. The van der Waals surface area contributed by atoms with E-state index in [1.54, 1.807) is 0 Å². The summed E-state index contributed by atoms with van der Waals surface area (Å²) in [5, 5.41) is 6.10. The van der Waals surface area contributed by atoms with Crippen LogP contribution in [0, 0.1) is 12.8 Å². The molecule has 0 aliphatic heterocycles. The Morgan fingerprint density at radius 1 is 1.26 bits per heavy atom. The second-order valence-electron chi connectivity index (χ2n) is 5.45. The van der Waals surface area contributed by atoms with Crippen molar-refractivity contribution in [3.05, 3.63) is 35.4 Å². The van der Waals surface area contributed by atoms with Gasteiger partial charge in [-0.05, 0) is 37.8 Å². The molecule has 0 unspecified atom stereocenters. The summed E-state index contributed by atoms with van der Waals surface area (Å²) in [5.41, 5.74) is 2.59. The van der Waals surface area contributed by atoms with E-state index >= 15 is 0 Å². The lowest BCUT2D eigenvalue weighted by Gasteiger charge is -2.08. The molecule has 1 amide bonds. The molecule has 3 nitrogen and oxygen atoms in total. The maximum absolute atomic E-state index is 11.5. The molecular weight excluding hydrogens is 236 g/mol. The average molecular weight is 262 g/mol. The smallest absolute Gasteiger partial charge is 0.233 e. The predicted octanol–water partition coefficient (Wildman–Crippen LogP) is 2.29. The summed E-state index contributed by atoms with van der Waals surface area (Å²) < 4.78 is 0. The summed E-state index contributed by atoms with van der Waals surface area (Å²) >= 11 is 0. The van der Waals surface area contributed by atoms with Crippen LogP contribution in [0.25, 0.3) is 0 Å². The lowest BCUT2D eigenvalue weighted by Crippen LogP contribution is -2.35. The van der Waals surface area contributed by atoms with Crippen LogP contribution in [0.5, 0.6) is 0 Å². The highest BCUT2D eigenvalue weighted by atomic mass is 16.1. The topological polar surface area (TPSA) is 41.1 Å². The van der Waals surface area contributed by atoms with Crippen LogP contribution >= 0.6 is 0 Å². The Balaban J connectivity index is 2.08. The minimum Gasteiger partial charge on any atom is -0.355 e. The summed E-state index contributed by atoms with van der Waals surface area (Å²) in [6.07, 6.45) is 2.00. The Labute approximate surface area is 116 Å². The lowest BCUT2D eigenvalue weighted by atomic mass is 10.1. The van der Waals surface area contributed by atoms with E-state index < -0.39 is 0 Å². The zero-order chi connectivity index (χ0) is 14.1. The molecule has 1 aromatic rings. The first-order valence-electron chi connectivity index (χ1n) is 7.11. The third-order valence-electron chi connectivity index (χ3n) is 3.00. The molecule has 0 bridgehead atoms. The van der Waals surface area contributed by atoms with E-state index in [0.29, 0.717) is 12.5 Å². The lowest BCUT2D eigenvalue weighted by molar-refractivity contribution is -0.120. The van der Waals surface area contributed by atoms with Crippen molar-refractivity contribution in [1.82, 2.24) is 10.6 Å². The average Bonchev–Trinajstić information content (AvgIpc) is 2.34. The van der Waals surface area contributed by atoms with Crippen LogP contribution in [-0.2, 0) is 11.2 Å². The van der Waals surface area contributed by atoms with Gasteiger partial charge in [-0.3, -0.25) is 4.79 Å². The van der Waals surface area contributed by atoms with Gasteiger partial charge in [0.15, 0.2) is 0 Å². The van der Waals surface area contributed by atoms with E-state index in [0.717, 1.165) is 25.9 Å². The fourth-order valence-corrected chi connectivity index (χ4v) is 1.87. The Hall–Kier alpha value is -1.35. The number of benzene rings is 1. The highest BCUT2D eigenvalue weighted by molar-refractivity contribution is 5.77. The molecule has 3 heteroatoms. The highest BCUT2D eigenvalue weighted by Crippen LogP contribution is 2.03. The number of rotatable bonds is 8. The second-order valence-corrected chi connectivity index (χ2v) is 5.45. The van der Waals surface area contributed by atoms with Gasteiger partial charge in [-0.2, -0.15) is 0 Å². The number of aryl methyl sites for hydroxylation is 1. The van der Waals surface area contributed by atoms with Gasteiger partial charge in [0.2, 0.25) is 5.91 Å². The normalized spacial score (nSPS) is 10.7. The molecule has 0 saturated carbocycles. The van der Waals surface area contributed by atoms with E-state index in [2.05, 4.69) is 55.7 Å². The van der Waals surface area contributed by atoms with Crippen molar-refractivity contribution in [1.29, 1.82) is 0 Å². The van der Waals surface area contributed by atoms with Crippen molar-refractivity contribution < 1.29 is 4.79 Å². The molecule has 0 radical (unpaired) electrons. The van der Waals surface area contributed by atoms with Crippen LogP contribution in [0.15, 0.2) is 24.3 Å². The van der Waals surface area contributed by atoms with Crippen LogP contribution in [0.1, 0.15) is 31.4 Å². The molecular formula is C16H26N2O. The number of hydrogen-bond donors (Lipinski definition) is 2. The van der Waals surface area contributed by atoms with Gasteiger partial charge in [0.05, 0.1) is 6.54 Å². The minimum absolute atomic E-state index is 0.0879. The largest absolute Gasteiger partial charge is 0.355 e. The summed E-state index contributed by atoms with van der Waals surface area (Å²) in [5.74, 6) is 0.722. The quantitative estimate of drug-likeness (QED) is 0.706. The van der Waals surface area contributed by atoms with Gasteiger partial charge in [-0.25, -0.2) is 0 Å². The molecule has 106 valence electrons. The molecule has 0 aliphatic rings. The van der Waals surface area contributed by atoms with Crippen molar-refractivity contribution >= 4 is 5.91 Å². The molecule has 0 heterocycles. The Morgan fingerprint density at radius 3 is 2.74 bits per heavy atom. The third-order valence-corrected chi connectivity index (χ3v) is 3.00. The molecule has 0 aliphatic carbocycles. The molecule has 0 saturated heterocycles. The van der Waals surface area contributed by atoms with Crippen LogP contribution in [-0.4, -0.2) is 25.5 Å². The van der Waals surface area contributed by atoms with E-state index in [1.807, 2.05) is 0 Å². The van der Waals surface area contributed by atoms with Crippen molar-refractivity contribution in [2.75, 3.05) is 19.6 Å². The van der Waals surface area contributed by atoms with Gasteiger partial charge in [0, 0.05) is 6.54 Å². The van der Waals surface area contributed by atoms with Crippen molar-refractivity contribution in [3.63, 3.8) is 0 Å². The molecule has 2 N–H and O–H groups in total. The van der Waals surface area contributed by atoms with Crippen molar-refractivity contribution in [2.45, 2.75) is 33.6 Å².